The van der Waals surface area contributed by atoms with Gasteiger partial charge in [-0.3, -0.25) is 20.2 Å². The van der Waals surface area contributed by atoms with Gasteiger partial charge in [-0.1, -0.05) is 0 Å². The molecule has 0 bridgehead atoms. The van der Waals surface area contributed by atoms with Crippen molar-refractivity contribution in [2.24, 2.45) is 0 Å². The summed E-state index contributed by atoms with van der Waals surface area (Å²) in [5.74, 6) is -1.13. The fourth-order valence-electron chi connectivity index (χ4n) is 1.26. The quantitative estimate of drug-likeness (QED) is 0.421. The summed E-state index contributed by atoms with van der Waals surface area (Å²) in [6.45, 7) is -1.20. The van der Waals surface area contributed by atoms with Crippen molar-refractivity contribution in [2.45, 2.75) is 6.10 Å². The number of rotatable bonds is 6. The number of carbonyl (C=O) groups excluding carboxylic acids is 1. The van der Waals surface area contributed by atoms with E-state index in [1.54, 1.807) is 0 Å². The van der Waals surface area contributed by atoms with Gasteiger partial charge in [-0.15, -0.1) is 0 Å². The molecule has 0 saturated carbocycles. The number of hydrogen-bond acceptors (Lipinski definition) is 8. The fourth-order valence-corrected chi connectivity index (χ4v) is 1.26. The summed E-state index contributed by atoms with van der Waals surface area (Å²) in [6.07, 6.45) is -1.31. The number of carbonyl (C=O) groups is 1. The third-order valence-corrected chi connectivity index (χ3v) is 2.23. The molecular weight excluding hydrogens is 276 g/mol. The number of aliphatic hydroxyl groups is 2. The number of esters is 1. The van der Waals surface area contributed by atoms with E-state index in [9.17, 15) is 25.0 Å². The lowest BCUT2D eigenvalue weighted by atomic mass is 10.1. The van der Waals surface area contributed by atoms with Gasteiger partial charge in [0.1, 0.15) is 18.3 Å². The number of hydrogen-bond donors (Lipinski definition) is 2. The van der Waals surface area contributed by atoms with Crippen LogP contribution in [0.25, 0.3) is 0 Å². The van der Waals surface area contributed by atoms with Gasteiger partial charge in [0.2, 0.25) is 0 Å². The smallest absolute Gasteiger partial charge is 0.345 e. The first kappa shape index (κ1) is 15.5. The zero-order valence-electron chi connectivity index (χ0n) is 9.96. The molecular formula is C10H10N2O8. The minimum atomic E-state index is -1.31. The maximum atomic E-state index is 11.6. The Morgan fingerprint density at radius 2 is 1.95 bits per heavy atom. The molecule has 0 aliphatic heterocycles. The number of nitro benzene ring substituents is 2. The third-order valence-electron chi connectivity index (χ3n) is 2.23. The van der Waals surface area contributed by atoms with E-state index in [1.165, 1.54) is 0 Å². The van der Waals surface area contributed by atoms with Crippen LogP contribution in [0.3, 0.4) is 0 Å². The Morgan fingerprint density at radius 1 is 1.30 bits per heavy atom. The van der Waals surface area contributed by atoms with Gasteiger partial charge < -0.3 is 14.9 Å². The van der Waals surface area contributed by atoms with Gasteiger partial charge in [-0.05, 0) is 6.07 Å². The topological polar surface area (TPSA) is 153 Å². The Morgan fingerprint density at radius 3 is 2.45 bits per heavy atom. The van der Waals surface area contributed by atoms with E-state index in [0.29, 0.717) is 6.07 Å². The van der Waals surface area contributed by atoms with Crippen LogP contribution in [0.1, 0.15) is 10.4 Å². The second kappa shape index (κ2) is 6.54. The van der Waals surface area contributed by atoms with E-state index in [4.69, 9.17) is 10.2 Å². The third kappa shape index (κ3) is 3.70. The monoisotopic (exact) mass is 286 g/mol. The van der Waals surface area contributed by atoms with E-state index in [0.717, 1.165) is 12.1 Å². The van der Waals surface area contributed by atoms with E-state index in [2.05, 4.69) is 4.74 Å². The number of benzene rings is 1. The zero-order chi connectivity index (χ0) is 15.3. The Kier molecular flexibility index (Phi) is 5.06. The predicted molar refractivity (Wildman–Crippen MR) is 63.1 cm³/mol. The van der Waals surface area contributed by atoms with Crippen molar-refractivity contribution in [3.8, 4) is 0 Å². The molecule has 0 aliphatic carbocycles. The van der Waals surface area contributed by atoms with Crippen LogP contribution in [0.2, 0.25) is 0 Å². The Bertz CT molecular complexity index is 544. The molecule has 0 radical (unpaired) electrons. The molecule has 1 atom stereocenters. The summed E-state index contributed by atoms with van der Waals surface area (Å²) in [6, 6.07) is 2.45. The first-order valence-electron chi connectivity index (χ1n) is 5.25. The molecule has 20 heavy (non-hydrogen) atoms. The summed E-state index contributed by atoms with van der Waals surface area (Å²) in [5, 5.41) is 38.8. The summed E-state index contributed by atoms with van der Waals surface area (Å²) >= 11 is 0. The van der Waals surface area contributed by atoms with Gasteiger partial charge in [0.25, 0.3) is 11.4 Å². The maximum absolute atomic E-state index is 11.6. The largest absolute Gasteiger partial charge is 0.459 e. The van der Waals surface area contributed by atoms with E-state index < -0.39 is 52.1 Å². The lowest BCUT2D eigenvalue weighted by Gasteiger charge is -2.08. The SMILES string of the molecule is O=C(OCC(O)CO)c1ccc([N+](=O)[O-])cc1[N+](=O)[O-]. The highest BCUT2D eigenvalue weighted by Crippen LogP contribution is 2.25. The number of nitrogens with zero attached hydrogens (tertiary/aromatic N) is 2. The van der Waals surface area contributed by atoms with Crippen LogP contribution in [0.5, 0.6) is 0 Å². The van der Waals surface area contributed by atoms with Crippen molar-refractivity contribution in [3.63, 3.8) is 0 Å². The van der Waals surface area contributed by atoms with Crippen LogP contribution in [-0.4, -0.2) is 45.3 Å². The Hall–Kier alpha value is -2.59. The van der Waals surface area contributed by atoms with E-state index in [1.807, 2.05) is 0 Å². The molecule has 0 spiro atoms. The summed E-state index contributed by atoms with van der Waals surface area (Å²) in [5.41, 5.74) is -1.79. The van der Waals surface area contributed by atoms with Crippen molar-refractivity contribution < 1.29 is 29.6 Å². The molecule has 108 valence electrons. The summed E-state index contributed by atoms with van der Waals surface area (Å²) in [4.78, 5) is 31.1. The van der Waals surface area contributed by atoms with Crippen molar-refractivity contribution in [3.05, 3.63) is 44.0 Å². The average molecular weight is 286 g/mol. The molecule has 1 unspecified atom stereocenters. The Balaban J connectivity index is 3.02. The zero-order valence-corrected chi connectivity index (χ0v) is 9.96. The van der Waals surface area contributed by atoms with Gasteiger partial charge in [0.05, 0.1) is 22.5 Å². The van der Waals surface area contributed by atoms with E-state index >= 15 is 0 Å². The van der Waals surface area contributed by atoms with Gasteiger partial charge in [-0.25, -0.2) is 4.79 Å². The molecule has 10 nitrogen and oxygen atoms in total. The van der Waals surface area contributed by atoms with Crippen LogP contribution in [-0.2, 0) is 4.74 Å². The van der Waals surface area contributed by atoms with Crippen molar-refractivity contribution in [1.82, 2.24) is 0 Å². The first-order valence-corrected chi connectivity index (χ1v) is 5.25. The lowest BCUT2D eigenvalue weighted by Crippen LogP contribution is -2.22. The molecule has 0 amide bonds. The van der Waals surface area contributed by atoms with Crippen molar-refractivity contribution in [1.29, 1.82) is 0 Å². The minimum Gasteiger partial charge on any atom is -0.459 e. The van der Waals surface area contributed by atoms with Crippen LogP contribution in [0, 0.1) is 20.2 Å². The Labute approximate surface area is 111 Å². The number of aliphatic hydroxyl groups excluding tert-OH is 2. The second-order valence-electron chi connectivity index (χ2n) is 3.65. The molecule has 0 saturated heterocycles. The molecule has 0 fully saturated rings. The van der Waals surface area contributed by atoms with Crippen LogP contribution < -0.4 is 0 Å². The van der Waals surface area contributed by atoms with Gasteiger partial charge in [0.15, 0.2) is 0 Å². The van der Waals surface area contributed by atoms with E-state index in [-0.39, 0.29) is 0 Å². The molecule has 0 heterocycles. The first-order chi connectivity index (χ1) is 9.36. The fraction of sp³-hybridized carbons (Fsp3) is 0.300. The standard InChI is InChI=1S/C10H10N2O8/c13-4-7(14)5-20-10(15)8-2-1-6(11(16)17)3-9(8)12(18)19/h1-3,7,13-14H,4-5H2. The molecule has 1 aromatic carbocycles. The van der Waals surface area contributed by atoms with Crippen LogP contribution in [0.4, 0.5) is 11.4 Å². The van der Waals surface area contributed by atoms with Crippen molar-refractivity contribution in [2.75, 3.05) is 13.2 Å². The second-order valence-corrected chi connectivity index (χ2v) is 3.65. The minimum absolute atomic E-state index is 0.481. The average Bonchev–Trinajstić information content (AvgIpc) is 2.43. The van der Waals surface area contributed by atoms with Gasteiger partial charge >= 0.3 is 5.97 Å². The number of non-ortho nitro benzene ring substituents is 1. The normalized spacial score (nSPS) is 11.7. The van der Waals surface area contributed by atoms with Crippen LogP contribution >= 0.6 is 0 Å². The predicted octanol–water partition coefficient (Wildman–Crippen LogP) is 0.0130. The van der Waals surface area contributed by atoms with Crippen LogP contribution in [0.15, 0.2) is 18.2 Å². The van der Waals surface area contributed by atoms with Gasteiger partial charge in [0, 0.05) is 6.07 Å². The molecule has 2 N–H and O–H groups in total. The highest BCUT2D eigenvalue weighted by molar-refractivity contribution is 5.94. The highest BCUT2D eigenvalue weighted by Gasteiger charge is 2.25. The van der Waals surface area contributed by atoms with Gasteiger partial charge in [-0.2, -0.15) is 0 Å². The highest BCUT2D eigenvalue weighted by atomic mass is 16.6. The number of ether oxygens (including phenoxy) is 1. The molecule has 1 aromatic rings. The molecule has 10 heteroatoms. The summed E-state index contributed by atoms with van der Waals surface area (Å²) in [7, 11) is 0. The number of nitro groups is 2. The van der Waals surface area contributed by atoms with Crippen molar-refractivity contribution >= 4 is 17.3 Å². The molecule has 1 rings (SSSR count). The molecule has 0 aromatic heterocycles. The summed E-state index contributed by atoms with van der Waals surface area (Å²) < 4.78 is 4.55. The lowest BCUT2D eigenvalue weighted by molar-refractivity contribution is -0.394. The molecule has 0 aliphatic rings. The maximum Gasteiger partial charge on any atom is 0.345 e.